The molecule has 1 unspecified atom stereocenters. The summed E-state index contributed by atoms with van der Waals surface area (Å²) >= 11 is 0. The van der Waals surface area contributed by atoms with Crippen molar-refractivity contribution in [3.05, 3.63) is 106 Å². The molecule has 1 aromatic heterocycles. The number of hydrogen-bond donors (Lipinski definition) is 4. The van der Waals surface area contributed by atoms with Crippen molar-refractivity contribution >= 4 is 29.0 Å². The number of ether oxygens (including phenoxy) is 1. The molecular weight excluding hydrogens is 512 g/mol. The highest BCUT2D eigenvalue weighted by molar-refractivity contribution is 6.10. The molecule has 12 nitrogen and oxygen atoms in total. The maximum atomic E-state index is 13.0. The van der Waals surface area contributed by atoms with Crippen LogP contribution in [-0.4, -0.2) is 47.1 Å². The fraction of sp³-hybridized carbons (Fsp3) is 0.214. The molecule has 1 aliphatic rings. The molecule has 0 bridgehead atoms. The van der Waals surface area contributed by atoms with E-state index in [4.69, 9.17) is 10.00 Å². The van der Waals surface area contributed by atoms with E-state index in [1.54, 1.807) is 43.5 Å². The van der Waals surface area contributed by atoms with Crippen LogP contribution < -0.4 is 21.3 Å². The van der Waals surface area contributed by atoms with Crippen LogP contribution in [0.3, 0.4) is 0 Å². The summed E-state index contributed by atoms with van der Waals surface area (Å²) in [6.07, 6.45) is 3.34. The van der Waals surface area contributed by atoms with Gasteiger partial charge in [0, 0.05) is 31.9 Å². The van der Waals surface area contributed by atoms with E-state index < -0.39 is 16.7 Å². The van der Waals surface area contributed by atoms with Crippen LogP contribution in [0.4, 0.5) is 17.3 Å². The Kier molecular flexibility index (Phi) is 9.01. The zero-order valence-corrected chi connectivity index (χ0v) is 21.8. The molecule has 2 heterocycles. The van der Waals surface area contributed by atoms with Gasteiger partial charge in [-0.25, -0.2) is 14.8 Å². The quantitative estimate of drug-likeness (QED) is 0.116. The molecule has 0 fully saturated rings. The predicted molar refractivity (Wildman–Crippen MR) is 150 cm³/mol. The number of nitrogens with zero attached hydrogens (tertiary/aromatic N) is 4. The lowest BCUT2D eigenvalue weighted by atomic mass is 10.1. The molecule has 0 spiro atoms. The Balaban J connectivity index is 1.44. The van der Waals surface area contributed by atoms with Crippen molar-refractivity contribution in [1.29, 1.82) is 5.26 Å². The predicted octanol–water partition coefficient (Wildman–Crippen LogP) is 3.30. The minimum Gasteiger partial charge on any atom is -0.462 e. The summed E-state index contributed by atoms with van der Waals surface area (Å²) in [6, 6.07) is 21.4. The maximum Gasteiger partial charge on any atom is 0.371 e. The zero-order chi connectivity index (χ0) is 28.4. The normalized spacial score (nSPS) is 15.8. The third-order valence-electron chi connectivity index (χ3n) is 5.89. The van der Waals surface area contributed by atoms with Crippen molar-refractivity contribution < 1.29 is 14.5 Å². The molecular formula is C28H28N8O4. The van der Waals surface area contributed by atoms with Crippen LogP contribution in [0.2, 0.25) is 0 Å². The van der Waals surface area contributed by atoms with E-state index in [0.29, 0.717) is 30.2 Å². The number of allylic oxidation sites excluding steroid dienone is 1. The Hall–Kier alpha value is -5.28. The summed E-state index contributed by atoms with van der Waals surface area (Å²) in [5.41, 5.74) is 2.60. The van der Waals surface area contributed by atoms with Gasteiger partial charge in [0.1, 0.15) is 5.82 Å². The van der Waals surface area contributed by atoms with Crippen molar-refractivity contribution in [2.45, 2.75) is 19.3 Å². The van der Waals surface area contributed by atoms with Gasteiger partial charge >= 0.3 is 11.7 Å². The standard InChI is InChI=1S/C28H28N8O4/c1-2-40-27(37)28(32-15-14-23(35-28)22-10-8-20(18-29)9-11-22)33-17-16-30-25-13-12-24(36(38)39)26(34-25)31-19-21-6-4-3-5-7-21/h3-15,32-33H,2,16-17,19H2,1H3,(H2,30,31,34). The molecule has 1 aliphatic heterocycles. The van der Waals surface area contributed by atoms with Crippen LogP contribution in [0.5, 0.6) is 0 Å². The number of nitrogens with one attached hydrogen (secondary N) is 4. The summed E-state index contributed by atoms with van der Waals surface area (Å²) < 4.78 is 5.28. The second-order valence-corrected chi connectivity index (χ2v) is 8.61. The number of rotatable bonds is 12. The van der Waals surface area contributed by atoms with Gasteiger partial charge in [-0.15, -0.1) is 0 Å². The van der Waals surface area contributed by atoms with Gasteiger partial charge in [-0.05, 0) is 42.3 Å². The average Bonchev–Trinajstić information content (AvgIpc) is 2.99. The van der Waals surface area contributed by atoms with Crippen LogP contribution in [0.1, 0.15) is 23.6 Å². The van der Waals surface area contributed by atoms with Gasteiger partial charge in [0.25, 0.3) is 5.79 Å². The van der Waals surface area contributed by atoms with Crippen LogP contribution in [-0.2, 0) is 16.1 Å². The highest BCUT2D eigenvalue weighted by Gasteiger charge is 2.40. The molecule has 1 atom stereocenters. The number of carbonyl (C=O) groups excluding carboxylic acids is 1. The van der Waals surface area contributed by atoms with Crippen molar-refractivity contribution in [2.24, 2.45) is 4.99 Å². The zero-order valence-electron chi connectivity index (χ0n) is 21.8. The molecule has 4 N–H and O–H groups in total. The number of hydrogen-bond acceptors (Lipinski definition) is 11. The first kappa shape index (κ1) is 27.7. The molecule has 12 heteroatoms. The van der Waals surface area contributed by atoms with Crippen LogP contribution in [0, 0.1) is 21.4 Å². The van der Waals surface area contributed by atoms with Crippen LogP contribution in [0.25, 0.3) is 0 Å². The molecule has 0 saturated heterocycles. The van der Waals surface area contributed by atoms with Gasteiger partial charge in [-0.1, -0.05) is 42.5 Å². The average molecular weight is 541 g/mol. The maximum absolute atomic E-state index is 13.0. The third-order valence-corrected chi connectivity index (χ3v) is 5.89. The molecule has 0 amide bonds. The Labute approximate surface area is 230 Å². The van der Waals surface area contributed by atoms with Crippen LogP contribution in [0.15, 0.2) is 84.0 Å². The van der Waals surface area contributed by atoms with E-state index in [9.17, 15) is 14.9 Å². The summed E-state index contributed by atoms with van der Waals surface area (Å²) in [7, 11) is 0. The molecule has 204 valence electrons. The number of nitriles is 1. The summed E-state index contributed by atoms with van der Waals surface area (Å²) in [4.78, 5) is 33.0. The minimum absolute atomic E-state index is 0.135. The van der Waals surface area contributed by atoms with E-state index in [0.717, 1.165) is 11.1 Å². The monoisotopic (exact) mass is 540 g/mol. The van der Waals surface area contributed by atoms with E-state index in [-0.39, 0.29) is 24.7 Å². The fourth-order valence-corrected chi connectivity index (χ4v) is 3.91. The number of pyridine rings is 1. The number of esters is 1. The van der Waals surface area contributed by atoms with Crippen LogP contribution >= 0.6 is 0 Å². The van der Waals surface area contributed by atoms with Gasteiger partial charge < -0.3 is 20.7 Å². The molecule has 2 aromatic carbocycles. The fourth-order valence-electron chi connectivity index (χ4n) is 3.91. The summed E-state index contributed by atoms with van der Waals surface area (Å²) in [5, 5.41) is 32.8. The summed E-state index contributed by atoms with van der Waals surface area (Å²) in [6.45, 7) is 2.83. The smallest absolute Gasteiger partial charge is 0.371 e. The second-order valence-electron chi connectivity index (χ2n) is 8.61. The van der Waals surface area contributed by atoms with E-state index >= 15 is 0 Å². The van der Waals surface area contributed by atoms with E-state index in [2.05, 4.69) is 37.3 Å². The SMILES string of the molecule is CCOC(=O)C1(NCCNc2ccc([N+](=O)[O-])c(NCc3ccccc3)n2)N=C(c2ccc(C#N)cc2)C=CN1. The number of aromatic nitrogens is 1. The number of aliphatic imine (C=N–C) groups is 1. The molecule has 0 radical (unpaired) electrons. The van der Waals surface area contributed by atoms with Gasteiger partial charge in [0.2, 0.25) is 5.82 Å². The van der Waals surface area contributed by atoms with Gasteiger partial charge in [-0.2, -0.15) is 5.26 Å². The third kappa shape index (κ3) is 6.77. The van der Waals surface area contributed by atoms with E-state index in [1.807, 2.05) is 30.3 Å². The molecule has 0 aliphatic carbocycles. The lowest BCUT2D eigenvalue weighted by molar-refractivity contribution is -0.384. The Morgan fingerprint density at radius 2 is 1.88 bits per heavy atom. The summed E-state index contributed by atoms with van der Waals surface area (Å²) in [5.74, 6) is -1.61. The second kappa shape index (κ2) is 13.0. The Morgan fingerprint density at radius 3 is 2.58 bits per heavy atom. The highest BCUT2D eigenvalue weighted by Crippen LogP contribution is 2.24. The van der Waals surface area contributed by atoms with Crippen molar-refractivity contribution in [1.82, 2.24) is 15.6 Å². The van der Waals surface area contributed by atoms with Crippen molar-refractivity contribution in [3.8, 4) is 6.07 Å². The molecule has 4 rings (SSSR count). The highest BCUT2D eigenvalue weighted by atomic mass is 16.6. The lowest BCUT2D eigenvalue weighted by Gasteiger charge is -2.32. The molecule has 3 aromatic rings. The topological polar surface area (TPSA) is 167 Å². The Bertz CT molecular complexity index is 1450. The van der Waals surface area contributed by atoms with Crippen molar-refractivity contribution in [3.63, 3.8) is 0 Å². The largest absolute Gasteiger partial charge is 0.462 e. The van der Waals surface area contributed by atoms with E-state index in [1.165, 1.54) is 12.1 Å². The van der Waals surface area contributed by atoms with Gasteiger partial charge in [0.15, 0.2) is 0 Å². The first-order chi connectivity index (χ1) is 19.4. The minimum atomic E-state index is -1.57. The van der Waals surface area contributed by atoms with Gasteiger partial charge in [0.05, 0.1) is 28.9 Å². The first-order valence-corrected chi connectivity index (χ1v) is 12.6. The lowest BCUT2D eigenvalue weighted by Crippen LogP contribution is -2.62. The number of anilines is 2. The number of nitro groups is 1. The Morgan fingerprint density at radius 1 is 1.10 bits per heavy atom. The van der Waals surface area contributed by atoms with Crippen molar-refractivity contribution in [2.75, 3.05) is 30.3 Å². The molecule has 0 saturated carbocycles. The first-order valence-electron chi connectivity index (χ1n) is 12.6. The molecule has 40 heavy (non-hydrogen) atoms. The number of carbonyl (C=O) groups is 1. The number of benzene rings is 2. The van der Waals surface area contributed by atoms with Gasteiger partial charge in [-0.3, -0.25) is 15.4 Å².